The Hall–Kier alpha value is -1.89. The molecule has 0 atom stereocenters. The maximum absolute atomic E-state index is 12.2. The first-order valence-corrected chi connectivity index (χ1v) is 11.0. The molecule has 0 aliphatic carbocycles. The molecule has 1 heterocycles. The Morgan fingerprint density at radius 2 is 1.78 bits per heavy atom. The minimum Gasteiger partial charge on any atom is -0.355 e. The predicted molar refractivity (Wildman–Crippen MR) is 107 cm³/mol. The van der Waals surface area contributed by atoms with Crippen LogP contribution in [0, 0.1) is 0 Å². The van der Waals surface area contributed by atoms with E-state index < -0.39 is 21.5 Å². The molecule has 0 spiro atoms. The molecular formula is C20H23ClN2O3S. The maximum atomic E-state index is 12.2. The second kappa shape index (κ2) is 8.87. The zero-order valence-electron chi connectivity index (χ0n) is 15.0. The van der Waals surface area contributed by atoms with Crippen molar-refractivity contribution in [1.82, 2.24) is 10.2 Å². The number of sulfone groups is 1. The predicted octanol–water partition coefficient (Wildman–Crippen LogP) is 2.68. The lowest BCUT2D eigenvalue weighted by Crippen LogP contribution is -2.35. The van der Waals surface area contributed by atoms with Gasteiger partial charge in [-0.1, -0.05) is 35.9 Å². The number of amides is 1. The average Bonchev–Trinajstić information content (AvgIpc) is 2.65. The molecular weight excluding hydrogens is 384 g/mol. The first-order valence-electron chi connectivity index (χ1n) is 8.98. The molecule has 2 aromatic carbocycles. The summed E-state index contributed by atoms with van der Waals surface area (Å²) in [5, 5.41) is 3.16. The molecule has 0 saturated heterocycles. The zero-order chi connectivity index (χ0) is 19.3. The Bertz CT molecular complexity index is 898. The Balaban J connectivity index is 1.40. The lowest BCUT2D eigenvalue weighted by Gasteiger charge is -2.28. The summed E-state index contributed by atoms with van der Waals surface area (Å²) in [6.45, 7) is 3.27. The number of nitrogens with zero attached hydrogens (tertiary/aromatic N) is 1. The number of hydrogen-bond acceptors (Lipinski definition) is 4. The van der Waals surface area contributed by atoms with Gasteiger partial charge < -0.3 is 5.32 Å². The van der Waals surface area contributed by atoms with E-state index in [0.717, 1.165) is 32.5 Å². The third-order valence-corrected chi connectivity index (χ3v) is 6.56. The fraction of sp³-hybridized carbons (Fsp3) is 0.350. The van der Waals surface area contributed by atoms with Crippen molar-refractivity contribution in [2.45, 2.75) is 24.3 Å². The Morgan fingerprint density at radius 3 is 2.52 bits per heavy atom. The Morgan fingerprint density at radius 1 is 1.07 bits per heavy atom. The summed E-state index contributed by atoms with van der Waals surface area (Å²) in [5.74, 6) is -1.03. The van der Waals surface area contributed by atoms with Crippen LogP contribution >= 0.6 is 11.6 Å². The summed E-state index contributed by atoms with van der Waals surface area (Å²) in [6, 6.07) is 14.3. The average molecular weight is 407 g/mol. The summed E-state index contributed by atoms with van der Waals surface area (Å²) in [4.78, 5) is 14.4. The SMILES string of the molecule is O=C(CS(=O)(=O)c1ccc(Cl)cc1)NCCCN1CCc2ccccc2C1. The van der Waals surface area contributed by atoms with Gasteiger partial charge in [-0.3, -0.25) is 9.69 Å². The number of benzene rings is 2. The molecule has 0 unspecified atom stereocenters. The molecule has 5 nitrogen and oxygen atoms in total. The minimum absolute atomic E-state index is 0.106. The zero-order valence-corrected chi connectivity index (χ0v) is 16.6. The second-order valence-electron chi connectivity index (χ2n) is 6.71. The molecule has 0 fully saturated rings. The van der Waals surface area contributed by atoms with Crippen LogP contribution in [-0.2, 0) is 27.6 Å². The normalized spacial score (nSPS) is 14.6. The molecule has 3 rings (SSSR count). The third-order valence-electron chi connectivity index (χ3n) is 4.68. The van der Waals surface area contributed by atoms with E-state index in [-0.39, 0.29) is 4.90 Å². The monoisotopic (exact) mass is 406 g/mol. The Labute approximate surface area is 165 Å². The van der Waals surface area contributed by atoms with Gasteiger partial charge in [-0.15, -0.1) is 0 Å². The maximum Gasteiger partial charge on any atom is 0.235 e. The number of halogens is 1. The largest absolute Gasteiger partial charge is 0.355 e. The highest BCUT2D eigenvalue weighted by Gasteiger charge is 2.19. The van der Waals surface area contributed by atoms with Crippen molar-refractivity contribution < 1.29 is 13.2 Å². The fourth-order valence-electron chi connectivity index (χ4n) is 3.22. The Kier molecular flexibility index (Phi) is 6.52. The molecule has 144 valence electrons. The van der Waals surface area contributed by atoms with E-state index in [0.29, 0.717) is 11.6 Å². The van der Waals surface area contributed by atoms with Crippen molar-refractivity contribution >= 4 is 27.3 Å². The standard InChI is InChI=1S/C20H23ClN2O3S/c21-18-6-8-19(9-7-18)27(25,26)15-20(24)22-11-3-12-23-13-10-16-4-1-2-5-17(16)14-23/h1-2,4-9H,3,10-15H2,(H,22,24). The molecule has 1 aliphatic heterocycles. The van der Waals surface area contributed by atoms with Crippen molar-refractivity contribution in [3.8, 4) is 0 Å². The van der Waals surface area contributed by atoms with Crippen LogP contribution in [0.25, 0.3) is 0 Å². The molecule has 27 heavy (non-hydrogen) atoms. The van der Waals surface area contributed by atoms with Gasteiger partial charge in [0.1, 0.15) is 5.75 Å². The molecule has 1 aliphatic rings. The topological polar surface area (TPSA) is 66.5 Å². The summed E-state index contributed by atoms with van der Waals surface area (Å²) in [6.07, 6.45) is 1.83. The summed E-state index contributed by atoms with van der Waals surface area (Å²) in [7, 11) is -3.65. The van der Waals surface area contributed by atoms with Crippen LogP contribution in [-0.4, -0.2) is 44.6 Å². The van der Waals surface area contributed by atoms with Crippen LogP contribution in [0.2, 0.25) is 5.02 Å². The smallest absolute Gasteiger partial charge is 0.235 e. The van der Waals surface area contributed by atoms with Crippen LogP contribution < -0.4 is 5.32 Å². The minimum atomic E-state index is -3.65. The fourth-order valence-corrected chi connectivity index (χ4v) is 4.52. The van der Waals surface area contributed by atoms with Crippen LogP contribution in [0.3, 0.4) is 0 Å². The van der Waals surface area contributed by atoms with Gasteiger partial charge >= 0.3 is 0 Å². The highest BCUT2D eigenvalue weighted by Crippen LogP contribution is 2.18. The van der Waals surface area contributed by atoms with Gasteiger partial charge in [-0.05, 0) is 48.2 Å². The quantitative estimate of drug-likeness (QED) is 0.718. The lowest BCUT2D eigenvalue weighted by atomic mass is 10.00. The van der Waals surface area contributed by atoms with Crippen molar-refractivity contribution in [3.63, 3.8) is 0 Å². The molecule has 0 saturated carbocycles. The van der Waals surface area contributed by atoms with Crippen LogP contribution in [0.4, 0.5) is 0 Å². The summed E-state index contributed by atoms with van der Waals surface area (Å²) in [5.41, 5.74) is 2.77. The van der Waals surface area contributed by atoms with Gasteiger partial charge in [0.15, 0.2) is 9.84 Å². The molecule has 7 heteroatoms. The van der Waals surface area contributed by atoms with Gasteiger partial charge in [-0.25, -0.2) is 8.42 Å². The second-order valence-corrected chi connectivity index (χ2v) is 9.14. The van der Waals surface area contributed by atoms with Crippen molar-refractivity contribution in [3.05, 3.63) is 64.7 Å². The van der Waals surface area contributed by atoms with Gasteiger partial charge in [0.25, 0.3) is 0 Å². The van der Waals surface area contributed by atoms with E-state index in [1.165, 1.54) is 35.4 Å². The number of nitrogens with one attached hydrogen (secondary N) is 1. The van der Waals surface area contributed by atoms with Crippen molar-refractivity contribution in [2.24, 2.45) is 0 Å². The van der Waals surface area contributed by atoms with Crippen molar-refractivity contribution in [2.75, 3.05) is 25.4 Å². The first kappa shape index (κ1) is 19.9. The molecule has 0 aromatic heterocycles. The highest BCUT2D eigenvalue weighted by molar-refractivity contribution is 7.92. The van der Waals surface area contributed by atoms with Crippen LogP contribution in [0.15, 0.2) is 53.4 Å². The molecule has 2 aromatic rings. The number of fused-ring (bicyclic) bond motifs is 1. The van der Waals surface area contributed by atoms with E-state index in [1.54, 1.807) is 0 Å². The number of rotatable bonds is 7. The molecule has 0 bridgehead atoms. The first-order chi connectivity index (χ1) is 12.9. The van der Waals surface area contributed by atoms with Gasteiger partial charge in [0.05, 0.1) is 4.90 Å². The number of carbonyl (C=O) groups is 1. The van der Waals surface area contributed by atoms with Crippen molar-refractivity contribution in [1.29, 1.82) is 0 Å². The lowest BCUT2D eigenvalue weighted by molar-refractivity contribution is -0.118. The number of hydrogen-bond donors (Lipinski definition) is 1. The molecule has 0 radical (unpaired) electrons. The van der Waals surface area contributed by atoms with Crippen LogP contribution in [0.5, 0.6) is 0 Å². The van der Waals surface area contributed by atoms with E-state index in [4.69, 9.17) is 11.6 Å². The summed E-state index contributed by atoms with van der Waals surface area (Å²) < 4.78 is 24.5. The molecule has 1 amide bonds. The van der Waals surface area contributed by atoms with E-state index in [2.05, 4.69) is 34.5 Å². The van der Waals surface area contributed by atoms with Crippen LogP contribution in [0.1, 0.15) is 17.5 Å². The highest BCUT2D eigenvalue weighted by atomic mass is 35.5. The van der Waals surface area contributed by atoms with E-state index in [1.807, 2.05) is 0 Å². The molecule has 1 N–H and O–H groups in total. The van der Waals surface area contributed by atoms with Gasteiger partial charge in [0, 0.05) is 31.2 Å². The number of carbonyl (C=O) groups excluding carboxylic acids is 1. The van der Waals surface area contributed by atoms with Gasteiger partial charge in [0.2, 0.25) is 5.91 Å². The summed E-state index contributed by atoms with van der Waals surface area (Å²) >= 11 is 5.77. The van der Waals surface area contributed by atoms with E-state index in [9.17, 15) is 13.2 Å². The van der Waals surface area contributed by atoms with E-state index >= 15 is 0 Å². The van der Waals surface area contributed by atoms with Gasteiger partial charge in [-0.2, -0.15) is 0 Å². The third kappa shape index (κ3) is 5.54.